The van der Waals surface area contributed by atoms with Crippen LogP contribution in [0.1, 0.15) is 65.7 Å². The van der Waals surface area contributed by atoms with Crippen molar-refractivity contribution >= 4 is 5.91 Å². The summed E-state index contributed by atoms with van der Waals surface area (Å²) in [7, 11) is 0. The van der Waals surface area contributed by atoms with Gasteiger partial charge in [-0.15, -0.1) is 10.2 Å². The van der Waals surface area contributed by atoms with Crippen molar-refractivity contribution < 1.29 is 4.79 Å². The third-order valence-electron chi connectivity index (χ3n) is 5.33. The standard InChI is InChI=1S/C19H24N4O/c1-14-8-4-5-9-15(14)19(24)22-13-7-10-16(22)18-21-20-17-11-3-2-6-12-23(17)18/h4-5,8-9,16H,2-3,6-7,10-13H2,1H3. The fraction of sp³-hybridized carbons (Fsp3) is 0.526. The first kappa shape index (κ1) is 15.4. The van der Waals surface area contributed by atoms with E-state index in [0.717, 1.165) is 55.1 Å². The van der Waals surface area contributed by atoms with Crippen LogP contribution >= 0.6 is 0 Å². The number of carbonyl (C=O) groups excluding carboxylic acids is 1. The Morgan fingerprint density at radius 1 is 1.08 bits per heavy atom. The van der Waals surface area contributed by atoms with E-state index in [4.69, 9.17) is 0 Å². The van der Waals surface area contributed by atoms with E-state index in [1.807, 2.05) is 36.1 Å². The van der Waals surface area contributed by atoms with Crippen LogP contribution in [0.4, 0.5) is 0 Å². The maximum absolute atomic E-state index is 13.1. The van der Waals surface area contributed by atoms with E-state index >= 15 is 0 Å². The van der Waals surface area contributed by atoms with Crippen molar-refractivity contribution in [3.8, 4) is 0 Å². The zero-order chi connectivity index (χ0) is 16.5. The largest absolute Gasteiger partial charge is 0.328 e. The number of hydrogen-bond donors (Lipinski definition) is 0. The van der Waals surface area contributed by atoms with Gasteiger partial charge in [-0.2, -0.15) is 0 Å². The molecule has 1 unspecified atom stereocenters. The lowest BCUT2D eigenvalue weighted by molar-refractivity contribution is 0.0726. The van der Waals surface area contributed by atoms with E-state index in [2.05, 4.69) is 14.8 Å². The van der Waals surface area contributed by atoms with Gasteiger partial charge in [0, 0.05) is 25.1 Å². The molecular weight excluding hydrogens is 300 g/mol. The summed E-state index contributed by atoms with van der Waals surface area (Å²) in [6.07, 6.45) is 6.64. The molecule has 5 heteroatoms. The van der Waals surface area contributed by atoms with Crippen molar-refractivity contribution in [2.45, 2.75) is 58.0 Å². The third-order valence-corrected chi connectivity index (χ3v) is 5.33. The Labute approximate surface area is 142 Å². The van der Waals surface area contributed by atoms with E-state index in [9.17, 15) is 4.79 Å². The fourth-order valence-corrected chi connectivity index (χ4v) is 4.00. The van der Waals surface area contributed by atoms with Crippen molar-refractivity contribution in [3.05, 3.63) is 47.0 Å². The molecule has 1 saturated heterocycles. The summed E-state index contributed by atoms with van der Waals surface area (Å²) >= 11 is 0. The van der Waals surface area contributed by atoms with Crippen LogP contribution in [0, 0.1) is 6.92 Å². The van der Waals surface area contributed by atoms with Crippen LogP contribution in [0.25, 0.3) is 0 Å². The molecule has 126 valence electrons. The first-order valence-electron chi connectivity index (χ1n) is 9.04. The number of aryl methyl sites for hydroxylation is 2. The summed E-state index contributed by atoms with van der Waals surface area (Å²) in [6, 6.07) is 7.91. The van der Waals surface area contributed by atoms with Crippen LogP contribution in [0.15, 0.2) is 24.3 Å². The highest BCUT2D eigenvalue weighted by Gasteiger charge is 2.35. The van der Waals surface area contributed by atoms with Crippen LogP contribution in [-0.4, -0.2) is 32.1 Å². The maximum Gasteiger partial charge on any atom is 0.254 e. The van der Waals surface area contributed by atoms with E-state index in [-0.39, 0.29) is 11.9 Å². The molecule has 0 saturated carbocycles. The molecule has 0 spiro atoms. The summed E-state index contributed by atoms with van der Waals surface area (Å²) in [6.45, 7) is 3.79. The molecule has 0 aliphatic carbocycles. The third kappa shape index (κ3) is 2.62. The quantitative estimate of drug-likeness (QED) is 0.852. The average Bonchev–Trinajstić information content (AvgIpc) is 3.15. The first-order chi connectivity index (χ1) is 11.8. The molecule has 24 heavy (non-hydrogen) atoms. The molecule has 3 heterocycles. The second-order valence-electron chi connectivity index (χ2n) is 6.91. The fourth-order valence-electron chi connectivity index (χ4n) is 4.00. The summed E-state index contributed by atoms with van der Waals surface area (Å²) in [5, 5.41) is 8.91. The molecule has 2 aliphatic heterocycles. The van der Waals surface area contributed by atoms with Gasteiger partial charge in [0.15, 0.2) is 5.82 Å². The highest BCUT2D eigenvalue weighted by Crippen LogP contribution is 2.33. The average molecular weight is 324 g/mol. The number of carbonyl (C=O) groups is 1. The number of aromatic nitrogens is 3. The number of fused-ring (bicyclic) bond motifs is 1. The monoisotopic (exact) mass is 324 g/mol. The van der Waals surface area contributed by atoms with Gasteiger partial charge in [-0.1, -0.05) is 24.6 Å². The highest BCUT2D eigenvalue weighted by molar-refractivity contribution is 5.96. The van der Waals surface area contributed by atoms with Gasteiger partial charge in [-0.05, 0) is 44.2 Å². The van der Waals surface area contributed by atoms with Gasteiger partial charge in [-0.25, -0.2) is 0 Å². The van der Waals surface area contributed by atoms with Crippen molar-refractivity contribution in [2.24, 2.45) is 0 Å². The Balaban J connectivity index is 1.65. The number of amides is 1. The normalized spacial score (nSPS) is 20.7. The Bertz CT molecular complexity index is 752. The zero-order valence-electron chi connectivity index (χ0n) is 14.2. The van der Waals surface area contributed by atoms with Crippen molar-refractivity contribution in [1.29, 1.82) is 0 Å². The predicted octanol–water partition coefficient (Wildman–Crippen LogP) is 3.29. The molecular formula is C19H24N4O. The second-order valence-corrected chi connectivity index (χ2v) is 6.91. The minimum Gasteiger partial charge on any atom is -0.328 e. The van der Waals surface area contributed by atoms with Gasteiger partial charge in [0.1, 0.15) is 5.82 Å². The first-order valence-corrected chi connectivity index (χ1v) is 9.04. The van der Waals surface area contributed by atoms with Crippen molar-refractivity contribution in [2.75, 3.05) is 6.54 Å². The van der Waals surface area contributed by atoms with Gasteiger partial charge < -0.3 is 9.47 Å². The maximum atomic E-state index is 13.1. The molecule has 2 aromatic rings. The Hall–Kier alpha value is -2.17. The van der Waals surface area contributed by atoms with Crippen molar-refractivity contribution in [3.63, 3.8) is 0 Å². The van der Waals surface area contributed by atoms with Crippen LogP contribution in [0.3, 0.4) is 0 Å². The van der Waals surface area contributed by atoms with E-state index < -0.39 is 0 Å². The molecule has 1 aromatic carbocycles. The highest BCUT2D eigenvalue weighted by atomic mass is 16.2. The Morgan fingerprint density at radius 3 is 2.83 bits per heavy atom. The number of likely N-dealkylation sites (tertiary alicyclic amines) is 1. The lowest BCUT2D eigenvalue weighted by Gasteiger charge is -2.25. The lowest BCUT2D eigenvalue weighted by Crippen LogP contribution is -2.32. The summed E-state index contributed by atoms with van der Waals surface area (Å²) in [5.74, 6) is 2.21. The van der Waals surface area contributed by atoms with E-state index in [1.54, 1.807) is 0 Å². The molecule has 2 aliphatic rings. The van der Waals surface area contributed by atoms with Gasteiger partial charge in [0.05, 0.1) is 6.04 Å². The lowest BCUT2D eigenvalue weighted by atomic mass is 10.1. The van der Waals surface area contributed by atoms with Crippen LogP contribution in [-0.2, 0) is 13.0 Å². The minimum absolute atomic E-state index is 0.0662. The second kappa shape index (κ2) is 6.38. The predicted molar refractivity (Wildman–Crippen MR) is 91.8 cm³/mol. The molecule has 0 bridgehead atoms. The Morgan fingerprint density at radius 2 is 1.96 bits per heavy atom. The molecule has 1 fully saturated rings. The van der Waals surface area contributed by atoms with E-state index in [1.165, 1.54) is 19.3 Å². The molecule has 5 nitrogen and oxygen atoms in total. The summed E-state index contributed by atoms with van der Waals surface area (Å²) in [4.78, 5) is 15.1. The van der Waals surface area contributed by atoms with Crippen molar-refractivity contribution in [1.82, 2.24) is 19.7 Å². The Kier molecular flexibility index (Phi) is 4.08. The van der Waals surface area contributed by atoms with Gasteiger partial charge in [0.2, 0.25) is 0 Å². The smallest absolute Gasteiger partial charge is 0.254 e. The molecule has 4 rings (SSSR count). The zero-order valence-corrected chi connectivity index (χ0v) is 14.2. The number of rotatable bonds is 2. The minimum atomic E-state index is 0.0662. The molecule has 1 amide bonds. The molecule has 1 atom stereocenters. The van der Waals surface area contributed by atoms with Gasteiger partial charge in [0.25, 0.3) is 5.91 Å². The van der Waals surface area contributed by atoms with Crippen LogP contribution in [0.2, 0.25) is 0 Å². The number of nitrogens with zero attached hydrogens (tertiary/aromatic N) is 4. The molecule has 0 radical (unpaired) electrons. The van der Waals surface area contributed by atoms with Crippen LogP contribution in [0.5, 0.6) is 0 Å². The van der Waals surface area contributed by atoms with Crippen LogP contribution < -0.4 is 0 Å². The summed E-state index contributed by atoms with van der Waals surface area (Å²) < 4.78 is 2.28. The molecule has 0 N–H and O–H groups in total. The number of benzene rings is 1. The summed E-state index contributed by atoms with van der Waals surface area (Å²) in [5.41, 5.74) is 1.84. The number of hydrogen-bond acceptors (Lipinski definition) is 3. The SMILES string of the molecule is Cc1ccccc1C(=O)N1CCCC1c1nnc2n1CCCCC2. The molecule has 1 aromatic heterocycles. The van der Waals surface area contributed by atoms with E-state index in [0.29, 0.717) is 0 Å². The van der Waals surface area contributed by atoms with Gasteiger partial charge >= 0.3 is 0 Å². The van der Waals surface area contributed by atoms with Gasteiger partial charge in [-0.3, -0.25) is 4.79 Å². The topological polar surface area (TPSA) is 51.0 Å².